The fraction of sp³-hybridized carbons (Fsp3) is 0.350. The molecule has 0 unspecified atom stereocenters. The van der Waals surface area contributed by atoms with Crippen LogP contribution in [0.5, 0.6) is 5.75 Å². The number of likely N-dealkylation sites (N-methyl/N-ethyl adjacent to an activating group) is 1. The smallest absolute Gasteiger partial charge is 0.234 e. The number of rotatable bonds is 9. The number of carbonyl (C=O) groups excluding carboxylic acids is 1. The Hall–Kier alpha value is -2.47. The third kappa shape index (κ3) is 6.11. The quantitative estimate of drug-likeness (QED) is 0.745. The predicted octanol–water partition coefficient (Wildman–Crippen LogP) is 3.15. The summed E-state index contributed by atoms with van der Waals surface area (Å²) in [7, 11) is 1.42. The molecule has 140 valence electrons. The largest absolute Gasteiger partial charge is 0.494 e. The van der Waals surface area contributed by atoms with E-state index in [0.29, 0.717) is 26.1 Å². The van der Waals surface area contributed by atoms with Crippen LogP contribution in [-0.4, -0.2) is 37.6 Å². The van der Waals surface area contributed by atoms with E-state index in [1.165, 1.54) is 25.3 Å². The molecule has 0 aromatic heterocycles. The van der Waals surface area contributed by atoms with Crippen LogP contribution in [-0.2, 0) is 17.8 Å². The van der Waals surface area contributed by atoms with E-state index >= 15 is 0 Å². The molecule has 0 aliphatic rings. The maximum Gasteiger partial charge on any atom is 0.234 e. The van der Waals surface area contributed by atoms with Gasteiger partial charge in [0.2, 0.25) is 5.91 Å². The van der Waals surface area contributed by atoms with Crippen molar-refractivity contribution < 1.29 is 18.3 Å². The first kappa shape index (κ1) is 19.8. The van der Waals surface area contributed by atoms with E-state index in [1.807, 2.05) is 11.8 Å². The molecule has 2 rings (SSSR count). The first-order valence-corrected chi connectivity index (χ1v) is 8.57. The second-order valence-corrected chi connectivity index (χ2v) is 6.00. The number of halogens is 2. The monoisotopic (exact) mass is 362 g/mol. The van der Waals surface area contributed by atoms with E-state index in [-0.39, 0.29) is 24.0 Å². The molecule has 26 heavy (non-hydrogen) atoms. The topological polar surface area (TPSA) is 41.6 Å². The lowest BCUT2D eigenvalue weighted by molar-refractivity contribution is -0.122. The number of nitrogens with one attached hydrogen (secondary N) is 1. The Morgan fingerprint density at radius 1 is 1.12 bits per heavy atom. The van der Waals surface area contributed by atoms with Gasteiger partial charge in [-0.2, -0.15) is 0 Å². The van der Waals surface area contributed by atoms with Crippen molar-refractivity contribution in [3.8, 4) is 5.75 Å². The van der Waals surface area contributed by atoms with Crippen molar-refractivity contribution in [1.29, 1.82) is 0 Å². The minimum atomic E-state index is -0.412. The van der Waals surface area contributed by atoms with Crippen LogP contribution in [0.4, 0.5) is 8.78 Å². The van der Waals surface area contributed by atoms with Crippen LogP contribution in [0, 0.1) is 11.6 Å². The van der Waals surface area contributed by atoms with E-state index in [2.05, 4.69) is 5.32 Å². The molecule has 0 aliphatic heterocycles. The SMILES string of the molecule is CCN(CC(=O)NCCc1ccc(F)cc1)Cc1ccc(OC)c(F)c1. The molecule has 0 saturated heterocycles. The number of hydrogen-bond donors (Lipinski definition) is 1. The van der Waals surface area contributed by atoms with Crippen LogP contribution in [0.15, 0.2) is 42.5 Å². The van der Waals surface area contributed by atoms with Gasteiger partial charge in [0.05, 0.1) is 13.7 Å². The molecule has 0 atom stereocenters. The standard InChI is InChI=1S/C20H24F2N2O2/c1-3-24(13-16-6-9-19(26-2)18(22)12-16)14-20(25)23-11-10-15-4-7-17(21)8-5-15/h4-9,12H,3,10-11,13-14H2,1-2H3,(H,23,25). The Labute approximate surface area is 152 Å². The minimum Gasteiger partial charge on any atom is -0.494 e. The normalized spacial score (nSPS) is 10.8. The van der Waals surface area contributed by atoms with Gasteiger partial charge in [-0.05, 0) is 48.4 Å². The maximum atomic E-state index is 13.8. The highest BCUT2D eigenvalue weighted by atomic mass is 19.1. The molecule has 4 nitrogen and oxygen atoms in total. The number of carbonyl (C=O) groups is 1. The van der Waals surface area contributed by atoms with E-state index in [0.717, 1.165) is 11.1 Å². The summed E-state index contributed by atoms with van der Waals surface area (Å²) in [5.41, 5.74) is 1.75. The Morgan fingerprint density at radius 2 is 1.81 bits per heavy atom. The average Bonchev–Trinajstić information content (AvgIpc) is 2.63. The van der Waals surface area contributed by atoms with Gasteiger partial charge >= 0.3 is 0 Å². The Morgan fingerprint density at radius 3 is 2.42 bits per heavy atom. The van der Waals surface area contributed by atoms with E-state index in [9.17, 15) is 13.6 Å². The molecule has 0 radical (unpaired) electrons. The molecule has 0 spiro atoms. The van der Waals surface area contributed by atoms with Crippen LogP contribution in [0.25, 0.3) is 0 Å². The van der Waals surface area contributed by atoms with Crippen LogP contribution in [0.1, 0.15) is 18.1 Å². The summed E-state index contributed by atoms with van der Waals surface area (Å²) in [6, 6.07) is 11.0. The summed E-state index contributed by atoms with van der Waals surface area (Å²) >= 11 is 0. The summed E-state index contributed by atoms with van der Waals surface area (Å²) < 4.78 is 31.5. The summed E-state index contributed by atoms with van der Waals surface area (Å²) in [4.78, 5) is 14.0. The lowest BCUT2D eigenvalue weighted by Crippen LogP contribution is -2.37. The first-order chi connectivity index (χ1) is 12.5. The van der Waals surface area contributed by atoms with Crippen molar-refractivity contribution in [2.45, 2.75) is 19.9 Å². The van der Waals surface area contributed by atoms with Gasteiger partial charge in [-0.25, -0.2) is 8.78 Å². The van der Waals surface area contributed by atoms with Crippen LogP contribution in [0.2, 0.25) is 0 Å². The van der Waals surface area contributed by atoms with Crippen molar-refractivity contribution in [2.24, 2.45) is 0 Å². The average molecular weight is 362 g/mol. The van der Waals surface area contributed by atoms with Crippen molar-refractivity contribution in [3.63, 3.8) is 0 Å². The lowest BCUT2D eigenvalue weighted by Gasteiger charge is -2.20. The zero-order chi connectivity index (χ0) is 18.9. The third-order valence-electron chi connectivity index (χ3n) is 4.09. The summed E-state index contributed by atoms with van der Waals surface area (Å²) in [5, 5.41) is 2.86. The Bertz CT molecular complexity index is 720. The number of hydrogen-bond acceptors (Lipinski definition) is 3. The highest BCUT2D eigenvalue weighted by Crippen LogP contribution is 2.18. The van der Waals surface area contributed by atoms with Gasteiger partial charge < -0.3 is 10.1 Å². The van der Waals surface area contributed by atoms with E-state index < -0.39 is 5.82 Å². The fourth-order valence-corrected chi connectivity index (χ4v) is 2.60. The summed E-state index contributed by atoms with van der Waals surface area (Å²) in [5.74, 6) is -0.575. The van der Waals surface area contributed by atoms with Gasteiger partial charge in [-0.1, -0.05) is 25.1 Å². The van der Waals surface area contributed by atoms with Gasteiger partial charge in [-0.15, -0.1) is 0 Å². The molecule has 1 N–H and O–H groups in total. The molecule has 0 fully saturated rings. The lowest BCUT2D eigenvalue weighted by atomic mass is 10.1. The highest BCUT2D eigenvalue weighted by Gasteiger charge is 2.11. The molecule has 6 heteroatoms. The minimum absolute atomic E-state index is 0.0945. The van der Waals surface area contributed by atoms with Crippen molar-refractivity contribution in [3.05, 3.63) is 65.2 Å². The Kier molecular flexibility index (Phi) is 7.53. The number of benzene rings is 2. The van der Waals surface area contributed by atoms with Crippen molar-refractivity contribution >= 4 is 5.91 Å². The number of nitrogens with zero attached hydrogens (tertiary/aromatic N) is 1. The fourth-order valence-electron chi connectivity index (χ4n) is 2.60. The molecular weight excluding hydrogens is 338 g/mol. The zero-order valence-electron chi connectivity index (χ0n) is 15.1. The third-order valence-corrected chi connectivity index (χ3v) is 4.09. The molecule has 2 aromatic rings. The number of amides is 1. The molecule has 0 saturated carbocycles. The van der Waals surface area contributed by atoms with E-state index in [1.54, 1.807) is 24.3 Å². The molecular formula is C20H24F2N2O2. The summed E-state index contributed by atoms with van der Waals surface area (Å²) in [6.07, 6.45) is 0.641. The molecule has 0 aliphatic carbocycles. The first-order valence-electron chi connectivity index (χ1n) is 8.57. The second kappa shape index (κ2) is 9.87. The molecule has 0 heterocycles. The van der Waals surface area contributed by atoms with Crippen LogP contribution in [0.3, 0.4) is 0 Å². The zero-order valence-corrected chi connectivity index (χ0v) is 15.1. The van der Waals surface area contributed by atoms with Gasteiger partial charge in [-0.3, -0.25) is 9.69 Å². The Balaban J connectivity index is 1.80. The highest BCUT2D eigenvalue weighted by molar-refractivity contribution is 5.78. The molecule has 0 bridgehead atoms. The summed E-state index contributed by atoms with van der Waals surface area (Å²) in [6.45, 7) is 3.81. The van der Waals surface area contributed by atoms with E-state index in [4.69, 9.17) is 4.74 Å². The van der Waals surface area contributed by atoms with Gasteiger partial charge in [0.25, 0.3) is 0 Å². The number of ether oxygens (including phenoxy) is 1. The van der Waals surface area contributed by atoms with Crippen molar-refractivity contribution in [2.75, 3.05) is 26.7 Å². The second-order valence-electron chi connectivity index (χ2n) is 6.00. The molecule has 2 aromatic carbocycles. The van der Waals surface area contributed by atoms with Gasteiger partial charge in [0.15, 0.2) is 11.6 Å². The van der Waals surface area contributed by atoms with Gasteiger partial charge in [0.1, 0.15) is 5.82 Å². The predicted molar refractivity (Wildman–Crippen MR) is 97.0 cm³/mol. The van der Waals surface area contributed by atoms with Crippen molar-refractivity contribution in [1.82, 2.24) is 10.2 Å². The number of methoxy groups -OCH3 is 1. The van der Waals surface area contributed by atoms with Crippen LogP contribution < -0.4 is 10.1 Å². The van der Waals surface area contributed by atoms with Gasteiger partial charge in [0, 0.05) is 13.1 Å². The van der Waals surface area contributed by atoms with Crippen LogP contribution >= 0.6 is 0 Å². The maximum absolute atomic E-state index is 13.8. The molecule has 1 amide bonds.